The Morgan fingerprint density at radius 2 is 2.43 bits per heavy atom. The number of ketones is 1. The van der Waals surface area contributed by atoms with Crippen molar-refractivity contribution in [2.24, 2.45) is 17.0 Å². The molecule has 2 saturated carbocycles. The third-order valence-electron chi connectivity index (χ3n) is 2.56. The molecule has 0 aliphatic heterocycles. The first-order valence-corrected chi connectivity index (χ1v) is 4.03. The molecule has 5 heteroatoms. The molecule has 0 aromatic rings. The molecular weight excluding hydrogens is 182 g/mol. The molecule has 14 heavy (non-hydrogen) atoms. The molecule has 2 aliphatic carbocycles. The van der Waals surface area contributed by atoms with Crippen molar-refractivity contribution in [3.05, 3.63) is 22.7 Å². The molecule has 0 aromatic heterocycles. The van der Waals surface area contributed by atoms with Crippen molar-refractivity contribution >= 4 is 11.5 Å². The van der Waals surface area contributed by atoms with Gasteiger partial charge in [0.25, 0.3) is 5.70 Å². The first kappa shape index (κ1) is 8.46. The summed E-state index contributed by atoms with van der Waals surface area (Å²) in [6.45, 7) is 6.76. The average molecular weight is 187 g/mol. The first-order chi connectivity index (χ1) is 6.74. The molecule has 2 fully saturated rings. The highest BCUT2D eigenvalue weighted by Crippen LogP contribution is 2.52. The zero-order valence-corrected chi connectivity index (χ0v) is 7.06. The smallest absolute Gasteiger partial charge is 0.267 e. The third kappa shape index (κ3) is 0.868. The molecule has 0 amide bonds. The lowest BCUT2D eigenvalue weighted by Gasteiger charge is -1.99. The highest BCUT2D eigenvalue weighted by molar-refractivity contribution is 6.50. The molecular formula is C9H5N3O2. The predicted molar refractivity (Wildman–Crippen MR) is 45.1 cm³/mol. The summed E-state index contributed by atoms with van der Waals surface area (Å²) in [5, 5.41) is 20.1. The maximum absolute atomic E-state index is 11.4. The van der Waals surface area contributed by atoms with Crippen LogP contribution in [0.25, 0.3) is 4.85 Å². The lowest BCUT2D eigenvalue weighted by Crippen LogP contribution is -2.13. The molecule has 0 radical (unpaired) electrons. The molecule has 2 aliphatic rings. The first-order valence-electron chi connectivity index (χ1n) is 4.03. The van der Waals surface area contributed by atoms with Gasteiger partial charge < -0.3 is 5.21 Å². The second kappa shape index (κ2) is 2.68. The Hall–Kier alpha value is -2.14. The van der Waals surface area contributed by atoms with Gasteiger partial charge in [-0.25, -0.2) is 10.1 Å². The quantitative estimate of drug-likeness (QED) is 0.263. The molecule has 0 aromatic carbocycles. The lowest BCUT2D eigenvalue weighted by molar-refractivity contribution is -0.113. The largest absolute Gasteiger partial charge is 0.410 e. The van der Waals surface area contributed by atoms with Gasteiger partial charge in [-0.05, 0) is 12.3 Å². The van der Waals surface area contributed by atoms with E-state index >= 15 is 0 Å². The molecule has 68 valence electrons. The van der Waals surface area contributed by atoms with Crippen LogP contribution in [0.1, 0.15) is 6.42 Å². The molecule has 0 heterocycles. The van der Waals surface area contributed by atoms with Crippen LogP contribution >= 0.6 is 0 Å². The van der Waals surface area contributed by atoms with Crippen molar-refractivity contribution in [2.75, 3.05) is 0 Å². The zero-order chi connectivity index (χ0) is 10.3. The maximum atomic E-state index is 11.4. The molecule has 2 rings (SSSR count). The number of carbonyl (C=O) groups excluding carboxylic acids is 1. The molecule has 2 unspecified atom stereocenters. The number of nitriles is 1. The van der Waals surface area contributed by atoms with E-state index in [-0.39, 0.29) is 29.0 Å². The average Bonchev–Trinajstić information content (AvgIpc) is 2.92. The van der Waals surface area contributed by atoms with E-state index < -0.39 is 0 Å². The number of rotatable bonds is 0. The van der Waals surface area contributed by atoms with Crippen molar-refractivity contribution in [3.63, 3.8) is 0 Å². The van der Waals surface area contributed by atoms with Crippen LogP contribution in [0.15, 0.2) is 16.4 Å². The van der Waals surface area contributed by atoms with Gasteiger partial charge in [-0.1, -0.05) is 5.16 Å². The molecule has 2 atom stereocenters. The van der Waals surface area contributed by atoms with E-state index in [9.17, 15) is 4.79 Å². The van der Waals surface area contributed by atoms with Gasteiger partial charge in [0.1, 0.15) is 5.71 Å². The molecule has 5 nitrogen and oxygen atoms in total. The van der Waals surface area contributed by atoms with Gasteiger partial charge in [0.15, 0.2) is 5.78 Å². The summed E-state index contributed by atoms with van der Waals surface area (Å²) < 4.78 is 0. The Labute approximate surface area is 79.8 Å². The van der Waals surface area contributed by atoms with Gasteiger partial charge in [0, 0.05) is 11.5 Å². The van der Waals surface area contributed by atoms with Crippen LogP contribution < -0.4 is 0 Å². The van der Waals surface area contributed by atoms with Crippen molar-refractivity contribution in [3.8, 4) is 6.07 Å². The topological polar surface area (TPSA) is 77.8 Å². The number of Topliss-reactive ketones (excluding diaryl/α,β-unsaturated/α-hetero) is 1. The van der Waals surface area contributed by atoms with Gasteiger partial charge in [0.2, 0.25) is 0 Å². The Morgan fingerprint density at radius 3 is 2.93 bits per heavy atom. The maximum Gasteiger partial charge on any atom is 0.267 e. The summed E-state index contributed by atoms with van der Waals surface area (Å²) in [4.78, 5) is 14.4. The van der Waals surface area contributed by atoms with Crippen molar-refractivity contribution in [1.29, 1.82) is 5.26 Å². The van der Waals surface area contributed by atoms with E-state index in [2.05, 4.69) is 10.0 Å². The standard InChI is InChI=1S/C9H5N3O2/c1-11-6(3-10)7-4-2-5(4)9(13)8(7)12-14/h4-5,14H,2H2/b7-6+,12-8-. The monoisotopic (exact) mass is 187 g/mol. The van der Waals surface area contributed by atoms with E-state index in [1.165, 1.54) is 0 Å². The normalized spacial score (nSPS) is 34.7. The summed E-state index contributed by atoms with van der Waals surface area (Å²) in [7, 11) is 0. The van der Waals surface area contributed by atoms with E-state index in [1.807, 2.05) is 0 Å². The van der Waals surface area contributed by atoms with Gasteiger partial charge in [0.05, 0.1) is 12.6 Å². The van der Waals surface area contributed by atoms with Crippen LogP contribution in [-0.2, 0) is 4.79 Å². The van der Waals surface area contributed by atoms with Crippen molar-refractivity contribution < 1.29 is 10.0 Å². The summed E-state index contributed by atoms with van der Waals surface area (Å²) in [5.41, 5.74) is 0.106. The second-order valence-electron chi connectivity index (χ2n) is 3.25. The highest BCUT2D eigenvalue weighted by atomic mass is 16.4. The van der Waals surface area contributed by atoms with Crippen LogP contribution in [-0.4, -0.2) is 16.7 Å². The minimum Gasteiger partial charge on any atom is -0.410 e. The van der Waals surface area contributed by atoms with Crippen LogP contribution in [0.3, 0.4) is 0 Å². The van der Waals surface area contributed by atoms with E-state index in [1.54, 1.807) is 6.07 Å². The van der Waals surface area contributed by atoms with E-state index in [0.717, 1.165) is 0 Å². The fourth-order valence-electron chi connectivity index (χ4n) is 1.82. The predicted octanol–water partition coefficient (Wildman–Crippen LogP) is 0.732. The van der Waals surface area contributed by atoms with E-state index in [0.29, 0.717) is 12.0 Å². The van der Waals surface area contributed by atoms with Crippen LogP contribution in [0.5, 0.6) is 0 Å². The van der Waals surface area contributed by atoms with Gasteiger partial charge >= 0.3 is 0 Å². The number of oxime groups is 1. The number of fused-ring (bicyclic) bond motifs is 1. The minimum absolute atomic E-state index is 0.0582. The molecule has 0 bridgehead atoms. The number of nitrogens with zero attached hydrogens (tertiary/aromatic N) is 3. The fourth-order valence-corrected chi connectivity index (χ4v) is 1.82. The van der Waals surface area contributed by atoms with Gasteiger partial charge in [-0.3, -0.25) is 4.79 Å². The summed E-state index contributed by atoms with van der Waals surface area (Å²) in [6, 6.07) is 1.72. The Balaban J connectivity index is 2.58. The Morgan fingerprint density at radius 1 is 1.71 bits per heavy atom. The number of hydrogen-bond donors (Lipinski definition) is 1. The third-order valence-corrected chi connectivity index (χ3v) is 2.56. The molecule has 0 saturated heterocycles. The Bertz CT molecular complexity index is 445. The zero-order valence-electron chi connectivity index (χ0n) is 7.06. The van der Waals surface area contributed by atoms with Crippen molar-refractivity contribution in [1.82, 2.24) is 0 Å². The summed E-state index contributed by atoms with van der Waals surface area (Å²) in [5.74, 6) is -0.456. The highest BCUT2D eigenvalue weighted by Gasteiger charge is 2.56. The second-order valence-corrected chi connectivity index (χ2v) is 3.25. The number of carbonyl (C=O) groups is 1. The van der Waals surface area contributed by atoms with Crippen LogP contribution in [0.4, 0.5) is 0 Å². The van der Waals surface area contributed by atoms with Crippen LogP contribution in [0.2, 0.25) is 0 Å². The molecule has 1 N–H and O–H groups in total. The lowest BCUT2D eigenvalue weighted by atomic mass is 10.1. The van der Waals surface area contributed by atoms with Crippen LogP contribution in [0, 0.1) is 29.7 Å². The SMILES string of the molecule is [C-]#[N+]/C(C#N)=C1/C(=N/O)C(=O)C2CC12. The van der Waals surface area contributed by atoms with Crippen molar-refractivity contribution in [2.45, 2.75) is 6.42 Å². The summed E-state index contributed by atoms with van der Waals surface area (Å²) in [6.07, 6.45) is 0.674. The van der Waals surface area contributed by atoms with Gasteiger partial charge in [-0.2, -0.15) is 0 Å². The Kier molecular flexibility index (Phi) is 1.62. The number of hydrogen-bond acceptors (Lipinski definition) is 4. The fraction of sp³-hybridized carbons (Fsp3) is 0.333. The summed E-state index contributed by atoms with van der Waals surface area (Å²) >= 11 is 0. The van der Waals surface area contributed by atoms with Gasteiger partial charge in [-0.15, -0.1) is 0 Å². The minimum atomic E-state index is -0.246. The van der Waals surface area contributed by atoms with E-state index in [4.69, 9.17) is 17.0 Å². The number of allylic oxidation sites excluding steroid dienone is 2. The molecule has 0 spiro atoms.